The van der Waals surface area contributed by atoms with Gasteiger partial charge in [-0.15, -0.1) is 0 Å². The number of hydrogen-bond acceptors (Lipinski definition) is 4. The first-order valence-electron chi connectivity index (χ1n) is 10.4. The molecule has 3 amide bonds. The van der Waals surface area contributed by atoms with E-state index >= 15 is 0 Å². The summed E-state index contributed by atoms with van der Waals surface area (Å²) in [6.45, 7) is -0.594. The predicted molar refractivity (Wildman–Crippen MR) is 118 cm³/mol. The number of carbonyl (C=O) groups is 4. The Labute approximate surface area is 198 Å². The van der Waals surface area contributed by atoms with Crippen molar-refractivity contribution in [3.8, 4) is 0 Å². The van der Waals surface area contributed by atoms with E-state index in [1.165, 1.54) is 30.3 Å². The Bertz CT molecular complexity index is 1200. The van der Waals surface area contributed by atoms with E-state index in [4.69, 9.17) is 23.2 Å². The van der Waals surface area contributed by atoms with Crippen molar-refractivity contribution in [1.29, 1.82) is 0 Å². The lowest BCUT2D eigenvalue weighted by Gasteiger charge is -2.31. The molecule has 168 valence electrons. The van der Waals surface area contributed by atoms with Crippen LogP contribution >= 0.6 is 23.2 Å². The van der Waals surface area contributed by atoms with Gasteiger partial charge in [0.05, 0.1) is 22.4 Å². The van der Waals surface area contributed by atoms with Gasteiger partial charge in [0, 0.05) is 10.6 Å². The quantitative estimate of drug-likeness (QED) is 0.361. The van der Waals surface area contributed by atoms with Crippen LogP contribution in [0.1, 0.15) is 27.1 Å². The summed E-state index contributed by atoms with van der Waals surface area (Å²) in [6.07, 6.45) is 4.60. The average Bonchev–Trinajstić information content (AvgIpc) is 3.46. The van der Waals surface area contributed by atoms with E-state index < -0.39 is 47.7 Å². The van der Waals surface area contributed by atoms with E-state index in [0.29, 0.717) is 5.02 Å². The highest BCUT2D eigenvalue weighted by Gasteiger charge is 2.61. The molecule has 0 unspecified atom stereocenters. The van der Waals surface area contributed by atoms with Gasteiger partial charge in [-0.05, 0) is 60.7 Å². The molecule has 9 heteroatoms. The fraction of sp³-hybridized carbons (Fsp3) is 0.250. The number of Topliss-reactive ketones (excluding diaryl/α,β-unsaturated/α-hetero) is 1. The van der Waals surface area contributed by atoms with Crippen LogP contribution in [-0.2, 0) is 9.59 Å². The Kier molecular flexibility index (Phi) is 5.34. The number of rotatable bonds is 5. The molecule has 5 rings (SSSR count). The van der Waals surface area contributed by atoms with Crippen LogP contribution in [0.15, 0.2) is 54.6 Å². The second-order valence-electron chi connectivity index (χ2n) is 8.41. The number of hydrazine groups is 1. The third kappa shape index (κ3) is 3.56. The number of hydrogen-bond donors (Lipinski definition) is 0. The summed E-state index contributed by atoms with van der Waals surface area (Å²) >= 11 is 12.1. The topological polar surface area (TPSA) is 74.8 Å². The fourth-order valence-corrected chi connectivity index (χ4v) is 5.51. The maximum absolute atomic E-state index is 13.5. The average molecular weight is 487 g/mol. The Balaban J connectivity index is 1.52. The summed E-state index contributed by atoms with van der Waals surface area (Å²) in [6, 6.07) is 8.99. The lowest BCUT2D eigenvalue weighted by atomic mass is 9.85. The molecule has 0 radical (unpaired) electrons. The van der Waals surface area contributed by atoms with Gasteiger partial charge in [-0.2, -0.15) is 5.01 Å². The van der Waals surface area contributed by atoms with E-state index in [2.05, 4.69) is 0 Å². The summed E-state index contributed by atoms with van der Waals surface area (Å²) in [5.74, 6) is -4.11. The summed E-state index contributed by atoms with van der Waals surface area (Å²) in [5, 5.41) is 1.98. The molecule has 2 fully saturated rings. The van der Waals surface area contributed by atoms with Crippen LogP contribution in [0.4, 0.5) is 4.39 Å². The second kappa shape index (κ2) is 8.08. The van der Waals surface area contributed by atoms with Crippen molar-refractivity contribution in [2.24, 2.45) is 23.7 Å². The van der Waals surface area contributed by atoms with Gasteiger partial charge in [0.15, 0.2) is 5.78 Å². The van der Waals surface area contributed by atoms with Crippen molar-refractivity contribution < 1.29 is 23.6 Å². The summed E-state index contributed by atoms with van der Waals surface area (Å²) in [4.78, 5) is 53.1. The monoisotopic (exact) mass is 486 g/mol. The summed E-state index contributed by atoms with van der Waals surface area (Å²) in [7, 11) is 0. The maximum Gasteiger partial charge on any atom is 0.274 e. The molecule has 1 saturated heterocycles. The normalized spacial score (nSPS) is 25.0. The van der Waals surface area contributed by atoms with Crippen LogP contribution in [-0.4, -0.2) is 40.1 Å². The van der Waals surface area contributed by atoms with Gasteiger partial charge in [-0.3, -0.25) is 19.2 Å². The molecule has 0 spiro atoms. The third-order valence-electron chi connectivity index (χ3n) is 6.54. The molecule has 2 aromatic rings. The van der Waals surface area contributed by atoms with E-state index in [0.717, 1.165) is 28.6 Å². The van der Waals surface area contributed by atoms with Crippen molar-refractivity contribution in [1.82, 2.24) is 10.0 Å². The van der Waals surface area contributed by atoms with Gasteiger partial charge in [-0.25, -0.2) is 9.40 Å². The number of allylic oxidation sites excluding steroid dienone is 2. The molecule has 1 aliphatic heterocycles. The van der Waals surface area contributed by atoms with Crippen molar-refractivity contribution in [3.05, 3.63) is 81.6 Å². The van der Waals surface area contributed by atoms with Crippen LogP contribution in [0.3, 0.4) is 0 Å². The first-order valence-corrected chi connectivity index (χ1v) is 11.1. The van der Waals surface area contributed by atoms with E-state index in [1.807, 2.05) is 12.2 Å². The van der Waals surface area contributed by atoms with Gasteiger partial charge < -0.3 is 0 Å². The summed E-state index contributed by atoms with van der Waals surface area (Å²) < 4.78 is 13.3. The minimum Gasteiger partial charge on any atom is -0.292 e. The summed E-state index contributed by atoms with van der Waals surface area (Å²) in [5.41, 5.74) is 0.129. The largest absolute Gasteiger partial charge is 0.292 e. The number of halogens is 3. The standard InChI is InChI=1S/C24H17Cl2FN2O4/c25-15-5-8-17(18(26)10-15)22(31)28(11-19(30)12-3-6-16(27)7-4-12)29-23(32)20-13-1-2-14(9-13)21(20)24(29)33/h1-8,10,13-14,20-21H,9,11H2/t13-,14-,20+,21+/m0/s1. The molecule has 6 nitrogen and oxygen atoms in total. The van der Waals surface area contributed by atoms with Gasteiger partial charge in [-0.1, -0.05) is 35.4 Å². The highest BCUT2D eigenvalue weighted by molar-refractivity contribution is 6.36. The number of carbonyl (C=O) groups excluding carboxylic acids is 4. The highest BCUT2D eigenvalue weighted by Crippen LogP contribution is 2.52. The molecule has 1 heterocycles. The van der Waals surface area contributed by atoms with Crippen LogP contribution in [0.5, 0.6) is 0 Å². The van der Waals surface area contributed by atoms with E-state index in [-0.39, 0.29) is 28.0 Å². The number of ketones is 1. The Morgan fingerprint density at radius 3 is 2.15 bits per heavy atom. The van der Waals surface area contributed by atoms with Crippen LogP contribution in [0, 0.1) is 29.5 Å². The van der Waals surface area contributed by atoms with Gasteiger partial charge in [0.1, 0.15) is 12.4 Å². The molecule has 1 saturated carbocycles. The first-order chi connectivity index (χ1) is 15.8. The number of benzene rings is 2. The molecule has 0 aromatic heterocycles. The number of amides is 3. The molecule has 2 aliphatic carbocycles. The highest BCUT2D eigenvalue weighted by atomic mass is 35.5. The van der Waals surface area contributed by atoms with Crippen molar-refractivity contribution >= 4 is 46.7 Å². The van der Waals surface area contributed by atoms with Crippen molar-refractivity contribution in [2.45, 2.75) is 6.42 Å². The fourth-order valence-electron chi connectivity index (χ4n) is 5.02. The molecule has 33 heavy (non-hydrogen) atoms. The van der Waals surface area contributed by atoms with Gasteiger partial charge in [0.2, 0.25) is 0 Å². The third-order valence-corrected chi connectivity index (χ3v) is 7.09. The number of imide groups is 1. The number of nitrogens with zero attached hydrogens (tertiary/aromatic N) is 2. The molecule has 4 atom stereocenters. The Morgan fingerprint density at radius 1 is 0.970 bits per heavy atom. The molecular formula is C24H17Cl2FN2O4. The van der Waals surface area contributed by atoms with Gasteiger partial charge >= 0.3 is 0 Å². The SMILES string of the molecule is O=C(CN(C(=O)c1ccc(Cl)cc1Cl)N1C(=O)[C@H]2[C@H](C1=O)[C@H]1C=C[C@H]2C1)c1ccc(F)cc1. The number of fused-ring (bicyclic) bond motifs is 5. The molecular weight excluding hydrogens is 470 g/mol. The Hall–Kier alpha value is -3.03. The maximum atomic E-state index is 13.5. The molecule has 0 N–H and O–H groups in total. The molecule has 2 aromatic carbocycles. The van der Waals surface area contributed by atoms with Crippen molar-refractivity contribution in [3.63, 3.8) is 0 Å². The van der Waals surface area contributed by atoms with Crippen LogP contribution in [0.2, 0.25) is 10.0 Å². The molecule has 3 aliphatic rings. The second-order valence-corrected chi connectivity index (χ2v) is 9.25. The predicted octanol–water partition coefficient (Wildman–Crippen LogP) is 4.18. The van der Waals surface area contributed by atoms with E-state index in [1.54, 1.807) is 0 Å². The zero-order chi connectivity index (χ0) is 23.4. The van der Waals surface area contributed by atoms with Crippen LogP contribution in [0.25, 0.3) is 0 Å². The first kappa shape index (κ1) is 21.8. The zero-order valence-corrected chi connectivity index (χ0v) is 18.6. The minimum absolute atomic E-state index is 0.00766. The van der Waals surface area contributed by atoms with Crippen molar-refractivity contribution in [2.75, 3.05) is 6.54 Å². The minimum atomic E-state index is -0.783. The Morgan fingerprint density at radius 2 is 1.58 bits per heavy atom. The van der Waals surface area contributed by atoms with Gasteiger partial charge in [0.25, 0.3) is 17.7 Å². The lowest BCUT2D eigenvalue weighted by molar-refractivity contribution is -0.154. The lowest BCUT2D eigenvalue weighted by Crippen LogP contribution is -2.52. The zero-order valence-electron chi connectivity index (χ0n) is 17.1. The molecule has 2 bridgehead atoms. The van der Waals surface area contributed by atoms with Crippen LogP contribution < -0.4 is 0 Å². The van der Waals surface area contributed by atoms with E-state index in [9.17, 15) is 23.6 Å². The smallest absolute Gasteiger partial charge is 0.274 e.